The van der Waals surface area contributed by atoms with Gasteiger partial charge < -0.3 is 10.2 Å². The van der Waals surface area contributed by atoms with Crippen LogP contribution in [0.1, 0.15) is 38.2 Å². The minimum Gasteiger partial charge on any atom is -0.323 e. The van der Waals surface area contributed by atoms with Gasteiger partial charge in [-0.05, 0) is 30.9 Å². The number of amides is 3. The Hall–Kier alpha value is -2.67. The molecular weight excluding hydrogens is 354 g/mol. The van der Waals surface area contributed by atoms with Crippen LogP contribution in [0.15, 0.2) is 42.7 Å². The molecule has 0 bridgehead atoms. The topological polar surface area (TPSA) is 71.7 Å². The van der Waals surface area contributed by atoms with Crippen molar-refractivity contribution in [1.82, 2.24) is 20.0 Å². The molecule has 7 nitrogen and oxygen atoms in total. The van der Waals surface area contributed by atoms with Gasteiger partial charge in [0.2, 0.25) is 0 Å². The number of hydrogen-bond donors (Lipinski definition) is 2. The molecule has 28 heavy (non-hydrogen) atoms. The molecule has 2 heterocycles. The number of nitrogens with one attached hydrogen (secondary N) is 2. The molecule has 148 valence electrons. The summed E-state index contributed by atoms with van der Waals surface area (Å²) in [5.41, 5.74) is 1.39. The Bertz CT molecular complexity index is 865. The molecule has 1 spiro atoms. The molecule has 1 aromatic carbocycles. The largest absolute Gasteiger partial charge is 0.329 e. The summed E-state index contributed by atoms with van der Waals surface area (Å²) in [5.74, 6) is 0.135. The first-order valence-electron chi connectivity index (χ1n) is 10.0. The van der Waals surface area contributed by atoms with E-state index in [0.717, 1.165) is 41.8 Å². The summed E-state index contributed by atoms with van der Waals surface area (Å²) in [6.07, 6.45) is 7.69. The Morgan fingerprint density at radius 2 is 2.04 bits per heavy atom. The third-order valence-corrected chi connectivity index (χ3v) is 6.09. The fraction of sp³-hybridized carbons (Fsp3) is 0.476. The van der Waals surface area contributed by atoms with E-state index in [9.17, 15) is 9.59 Å². The molecule has 2 aliphatic rings. The zero-order chi connectivity index (χ0) is 19.7. The van der Waals surface area contributed by atoms with E-state index in [1.165, 1.54) is 4.90 Å². The summed E-state index contributed by atoms with van der Waals surface area (Å²) in [6, 6.07) is 9.69. The maximum absolute atomic E-state index is 13.1. The zero-order valence-electron chi connectivity index (χ0n) is 16.5. The van der Waals surface area contributed by atoms with Crippen LogP contribution in [0.2, 0.25) is 0 Å². The Morgan fingerprint density at radius 1 is 1.25 bits per heavy atom. The molecular formula is C21H28N5O2+. The van der Waals surface area contributed by atoms with Crippen LogP contribution >= 0.6 is 0 Å². The standard InChI is InChI=1S/C21H27N5O2/c1-16-8-6-7-11-21(16)19(27)25(20(28)23-21)15-24(2)13-17-12-22-26(14-17)18-9-4-3-5-10-18/h3-5,9-10,12,14,16H,6-8,11,13,15H2,1-2H3,(H,23,28)/p+1/t16-,21-/m1/s1. The van der Waals surface area contributed by atoms with Crippen molar-refractivity contribution in [3.8, 4) is 5.69 Å². The van der Waals surface area contributed by atoms with Gasteiger partial charge in [0.25, 0.3) is 5.91 Å². The van der Waals surface area contributed by atoms with E-state index in [1.807, 2.05) is 54.5 Å². The van der Waals surface area contributed by atoms with Crippen molar-refractivity contribution in [3.05, 3.63) is 48.3 Å². The molecule has 2 aromatic rings. The second-order valence-corrected chi connectivity index (χ2v) is 8.20. The third kappa shape index (κ3) is 3.30. The quantitative estimate of drug-likeness (QED) is 0.767. The van der Waals surface area contributed by atoms with E-state index in [4.69, 9.17) is 0 Å². The number of aromatic nitrogens is 2. The number of imide groups is 1. The van der Waals surface area contributed by atoms with Crippen LogP contribution < -0.4 is 10.2 Å². The predicted molar refractivity (Wildman–Crippen MR) is 105 cm³/mol. The van der Waals surface area contributed by atoms with Crippen molar-refractivity contribution in [2.45, 2.75) is 44.7 Å². The lowest BCUT2D eigenvalue weighted by molar-refractivity contribution is -0.901. The number of para-hydroxylation sites is 1. The summed E-state index contributed by atoms with van der Waals surface area (Å²) >= 11 is 0. The van der Waals surface area contributed by atoms with Crippen molar-refractivity contribution >= 4 is 11.9 Å². The summed E-state index contributed by atoms with van der Waals surface area (Å²) in [7, 11) is 2.00. The summed E-state index contributed by atoms with van der Waals surface area (Å²) in [6.45, 7) is 3.12. The molecule has 3 amide bonds. The number of carbonyl (C=O) groups is 2. The normalized spacial score (nSPS) is 25.9. The average Bonchev–Trinajstić information content (AvgIpc) is 3.24. The van der Waals surface area contributed by atoms with Gasteiger partial charge in [0.1, 0.15) is 12.1 Å². The van der Waals surface area contributed by atoms with Crippen LogP contribution in [0.5, 0.6) is 0 Å². The Balaban J connectivity index is 1.41. The summed E-state index contributed by atoms with van der Waals surface area (Å²) in [4.78, 5) is 28.1. The Kier molecular flexibility index (Phi) is 4.93. The first-order chi connectivity index (χ1) is 13.5. The second kappa shape index (κ2) is 7.39. The fourth-order valence-electron chi connectivity index (χ4n) is 4.49. The highest BCUT2D eigenvalue weighted by Gasteiger charge is 2.55. The van der Waals surface area contributed by atoms with Crippen LogP contribution in [-0.2, 0) is 11.3 Å². The van der Waals surface area contributed by atoms with Gasteiger partial charge in [0.15, 0.2) is 6.67 Å². The molecule has 7 heteroatoms. The molecule has 0 radical (unpaired) electrons. The van der Waals surface area contributed by atoms with E-state index >= 15 is 0 Å². The number of nitrogens with zero attached hydrogens (tertiary/aromatic N) is 3. The van der Waals surface area contributed by atoms with Gasteiger partial charge in [-0.2, -0.15) is 5.10 Å². The predicted octanol–water partition coefficient (Wildman–Crippen LogP) is 1.35. The zero-order valence-corrected chi connectivity index (χ0v) is 16.5. The molecule has 1 unspecified atom stereocenters. The lowest BCUT2D eigenvalue weighted by atomic mass is 9.73. The molecule has 2 fully saturated rings. The molecule has 1 aliphatic carbocycles. The van der Waals surface area contributed by atoms with Crippen LogP contribution in [-0.4, -0.2) is 45.9 Å². The molecule has 2 N–H and O–H groups in total. The highest BCUT2D eigenvalue weighted by molar-refractivity contribution is 6.07. The lowest BCUT2D eigenvalue weighted by Gasteiger charge is -2.36. The van der Waals surface area contributed by atoms with Crippen molar-refractivity contribution in [1.29, 1.82) is 0 Å². The van der Waals surface area contributed by atoms with Crippen molar-refractivity contribution in [2.75, 3.05) is 13.7 Å². The Labute approximate surface area is 165 Å². The van der Waals surface area contributed by atoms with Gasteiger partial charge in [-0.15, -0.1) is 0 Å². The maximum atomic E-state index is 13.1. The smallest absolute Gasteiger partial charge is 0.323 e. The third-order valence-electron chi connectivity index (χ3n) is 6.09. The molecule has 1 aromatic heterocycles. The monoisotopic (exact) mass is 382 g/mol. The highest BCUT2D eigenvalue weighted by atomic mass is 16.2. The van der Waals surface area contributed by atoms with Crippen LogP contribution in [0.3, 0.4) is 0 Å². The lowest BCUT2D eigenvalue weighted by Crippen LogP contribution is -3.09. The number of urea groups is 1. The van der Waals surface area contributed by atoms with Gasteiger partial charge in [-0.25, -0.2) is 14.4 Å². The van der Waals surface area contributed by atoms with Gasteiger partial charge >= 0.3 is 6.03 Å². The maximum Gasteiger partial charge on any atom is 0.329 e. The number of quaternary nitrogens is 1. The molecule has 4 rings (SSSR count). The number of carbonyl (C=O) groups excluding carboxylic acids is 2. The average molecular weight is 382 g/mol. The van der Waals surface area contributed by atoms with E-state index in [2.05, 4.69) is 17.3 Å². The van der Waals surface area contributed by atoms with Crippen LogP contribution in [0.25, 0.3) is 5.69 Å². The molecule has 1 saturated carbocycles. The first kappa shape index (κ1) is 18.7. The summed E-state index contributed by atoms with van der Waals surface area (Å²) < 4.78 is 1.84. The second-order valence-electron chi connectivity index (χ2n) is 8.20. The minimum atomic E-state index is -0.687. The van der Waals surface area contributed by atoms with Crippen molar-refractivity contribution < 1.29 is 14.5 Å². The van der Waals surface area contributed by atoms with E-state index in [1.54, 1.807) is 0 Å². The highest BCUT2D eigenvalue weighted by Crippen LogP contribution is 2.37. The van der Waals surface area contributed by atoms with Gasteiger partial charge in [-0.1, -0.05) is 38.0 Å². The van der Waals surface area contributed by atoms with Gasteiger partial charge in [0.05, 0.1) is 18.9 Å². The van der Waals surface area contributed by atoms with Crippen molar-refractivity contribution in [2.24, 2.45) is 5.92 Å². The number of benzene rings is 1. The summed E-state index contributed by atoms with van der Waals surface area (Å²) in [5, 5.41) is 7.44. The molecule has 1 saturated heterocycles. The van der Waals surface area contributed by atoms with E-state index in [-0.39, 0.29) is 17.9 Å². The van der Waals surface area contributed by atoms with Gasteiger partial charge in [0, 0.05) is 11.8 Å². The SMILES string of the molecule is C[C@@H]1CCCC[C@@]12NC(=O)N(C[NH+](C)Cc1cnn(-c3ccccc3)c1)C2=O. The first-order valence-corrected chi connectivity index (χ1v) is 10.0. The minimum absolute atomic E-state index is 0.0518. The van der Waals surface area contributed by atoms with Crippen LogP contribution in [0, 0.1) is 5.92 Å². The fourth-order valence-corrected chi connectivity index (χ4v) is 4.49. The molecule has 3 atom stereocenters. The molecule has 1 aliphatic heterocycles. The van der Waals surface area contributed by atoms with E-state index in [0.29, 0.717) is 13.2 Å². The van der Waals surface area contributed by atoms with Gasteiger partial charge in [-0.3, -0.25) is 4.79 Å². The number of hydrogen-bond acceptors (Lipinski definition) is 3. The number of rotatable bonds is 5. The van der Waals surface area contributed by atoms with E-state index < -0.39 is 5.54 Å². The Morgan fingerprint density at radius 3 is 2.79 bits per heavy atom. The van der Waals surface area contributed by atoms with Crippen LogP contribution in [0.4, 0.5) is 4.79 Å². The van der Waals surface area contributed by atoms with Crippen molar-refractivity contribution in [3.63, 3.8) is 0 Å².